The van der Waals surface area contributed by atoms with Crippen molar-refractivity contribution in [2.24, 2.45) is 28.6 Å². The smallest absolute Gasteiger partial charge is 0.164 e. The summed E-state index contributed by atoms with van der Waals surface area (Å²) in [5, 5.41) is 31.0. The van der Waals surface area contributed by atoms with Crippen LogP contribution in [-0.2, 0) is 9.53 Å². The van der Waals surface area contributed by atoms with Gasteiger partial charge in [-0.1, -0.05) is 25.5 Å². The van der Waals surface area contributed by atoms with E-state index in [2.05, 4.69) is 19.9 Å². The number of ketones is 1. The van der Waals surface area contributed by atoms with E-state index in [0.717, 1.165) is 38.5 Å². The first-order valence-corrected chi connectivity index (χ1v) is 11.0. The first-order valence-electron chi connectivity index (χ1n) is 11.0. The highest BCUT2D eigenvalue weighted by atomic mass is 16.5. The van der Waals surface area contributed by atoms with E-state index in [4.69, 9.17) is 4.74 Å². The lowest BCUT2D eigenvalue weighted by molar-refractivity contribution is -0.180. The van der Waals surface area contributed by atoms with E-state index in [1.54, 1.807) is 0 Å². The minimum atomic E-state index is -1.48. The molecule has 5 heteroatoms. The lowest BCUT2D eigenvalue weighted by Gasteiger charge is -2.58. The summed E-state index contributed by atoms with van der Waals surface area (Å²) in [6.45, 7) is 5.98. The lowest BCUT2D eigenvalue weighted by atomic mass is 9.46. The fraction of sp³-hybridized carbons (Fsp3) is 0.870. The summed E-state index contributed by atoms with van der Waals surface area (Å²) >= 11 is 0. The second-order valence-corrected chi connectivity index (χ2v) is 10.3. The molecule has 3 N–H and O–H groups in total. The van der Waals surface area contributed by atoms with E-state index in [1.807, 2.05) is 0 Å². The predicted molar refractivity (Wildman–Crippen MR) is 106 cm³/mol. The van der Waals surface area contributed by atoms with Crippen LogP contribution >= 0.6 is 0 Å². The molecule has 4 aliphatic rings. The molecule has 0 aromatic rings. The number of allylic oxidation sites excluding steroid dienone is 1. The van der Waals surface area contributed by atoms with Crippen molar-refractivity contribution in [1.82, 2.24) is 0 Å². The zero-order chi connectivity index (χ0) is 20.3. The molecule has 0 saturated heterocycles. The summed E-state index contributed by atoms with van der Waals surface area (Å²) < 4.78 is 5.84. The zero-order valence-electron chi connectivity index (χ0n) is 17.5. The van der Waals surface area contributed by atoms with E-state index >= 15 is 0 Å². The molecular formula is C23H36O5. The Labute approximate surface area is 168 Å². The number of carbonyl (C=O) groups excluding carboxylic acids is 1. The average molecular weight is 393 g/mol. The van der Waals surface area contributed by atoms with Gasteiger partial charge in [-0.2, -0.15) is 0 Å². The maximum atomic E-state index is 12.7. The van der Waals surface area contributed by atoms with Crippen LogP contribution in [0.2, 0.25) is 0 Å². The highest BCUT2D eigenvalue weighted by molar-refractivity contribution is 5.87. The molecule has 0 unspecified atom stereocenters. The first-order chi connectivity index (χ1) is 13.2. The van der Waals surface area contributed by atoms with Gasteiger partial charge in [-0.15, -0.1) is 0 Å². The Morgan fingerprint density at radius 2 is 2.00 bits per heavy atom. The van der Waals surface area contributed by atoms with Gasteiger partial charge in [-0.05, 0) is 75.0 Å². The van der Waals surface area contributed by atoms with Gasteiger partial charge in [-0.3, -0.25) is 4.79 Å². The zero-order valence-corrected chi connectivity index (χ0v) is 17.5. The Hall–Kier alpha value is -0.750. The van der Waals surface area contributed by atoms with Crippen molar-refractivity contribution in [2.45, 2.75) is 83.5 Å². The van der Waals surface area contributed by atoms with E-state index in [9.17, 15) is 20.1 Å². The van der Waals surface area contributed by atoms with Crippen LogP contribution in [0.1, 0.15) is 65.7 Å². The quantitative estimate of drug-likeness (QED) is 0.640. The highest BCUT2D eigenvalue weighted by Gasteiger charge is 2.69. The standard InChI is InChI=1S/C23H36O5/c1-14(25)23(27)20(28-11-10-24)13-19-17-5-4-15-12-16(26)6-8-21(15,2)18(17)7-9-22(19,23)3/h4,16-20,24,26-27H,5-13H2,1-3H3/t16-,17+,18-,19-,20+,21-,22-,23+/m0/s1. The summed E-state index contributed by atoms with van der Waals surface area (Å²) in [5.41, 5.74) is -0.424. The van der Waals surface area contributed by atoms with Gasteiger partial charge in [0, 0.05) is 5.41 Å². The molecule has 0 radical (unpaired) electrons. The Kier molecular flexibility index (Phi) is 5.06. The monoisotopic (exact) mass is 392 g/mol. The van der Waals surface area contributed by atoms with Crippen molar-refractivity contribution < 1.29 is 24.9 Å². The van der Waals surface area contributed by atoms with Gasteiger partial charge in [0.05, 0.1) is 25.4 Å². The summed E-state index contributed by atoms with van der Waals surface area (Å²) in [6.07, 6.45) is 7.73. The molecule has 0 spiro atoms. The van der Waals surface area contributed by atoms with Crippen molar-refractivity contribution in [3.63, 3.8) is 0 Å². The lowest BCUT2D eigenvalue weighted by Crippen LogP contribution is -2.60. The molecule has 0 amide bonds. The Bertz CT molecular complexity index is 674. The molecule has 0 heterocycles. The summed E-state index contributed by atoms with van der Waals surface area (Å²) in [6, 6.07) is 0. The molecule has 5 nitrogen and oxygen atoms in total. The van der Waals surface area contributed by atoms with Gasteiger partial charge in [0.2, 0.25) is 0 Å². The van der Waals surface area contributed by atoms with Crippen LogP contribution in [0.5, 0.6) is 0 Å². The summed E-state index contributed by atoms with van der Waals surface area (Å²) in [7, 11) is 0. The molecule has 4 aliphatic carbocycles. The normalized spacial score (nSPS) is 50.4. The minimum Gasteiger partial charge on any atom is -0.394 e. The largest absolute Gasteiger partial charge is 0.394 e. The van der Waals surface area contributed by atoms with Crippen LogP contribution in [0.3, 0.4) is 0 Å². The predicted octanol–water partition coefficient (Wildman–Crippen LogP) is 2.62. The first kappa shape index (κ1) is 20.5. The van der Waals surface area contributed by atoms with Crippen LogP contribution in [-0.4, -0.2) is 52.1 Å². The van der Waals surface area contributed by atoms with Crippen LogP contribution in [0.25, 0.3) is 0 Å². The van der Waals surface area contributed by atoms with Gasteiger partial charge in [0.25, 0.3) is 0 Å². The molecule has 3 fully saturated rings. The molecule has 0 aliphatic heterocycles. The van der Waals surface area contributed by atoms with Gasteiger partial charge in [0.1, 0.15) is 0 Å². The molecule has 158 valence electrons. The molecule has 8 atom stereocenters. The maximum Gasteiger partial charge on any atom is 0.164 e. The van der Waals surface area contributed by atoms with Crippen LogP contribution in [0.4, 0.5) is 0 Å². The average Bonchev–Trinajstić information content (AvgIpc) is 2.89. The third-order valence-corrected chi connectivity index (χ3v) is 9.22. The van der Waals surface area contributed by atoms with Crippen LogP contribution < -0.4 is 0 Å². The summed E-state index contributed by atoms with van der Waals surface area (Å²) in [5.74, 6) is 0.977. The van der Waals surface area contributed by atoms with Crippen molar-refractivity contribution in [3.8, 4) is 0 Å². The molecule has 3 saturated carbocycles. The fourth-order valence-corrected chi connectivity index (χ4v) is 7.65. The van der Waals surface area contributed by atoms with Gasteiger partial charge < -0.3 is 20.1 Å². The fourth-order valence-electron chi connectivity index (χ4n) is 7.65. The van der Waals surface area contributed by atoms with E-state index in [0.29, 0.717) is 18.3 Å². The SMILES string of the molecule is CC(=O)[C@@]1(O)[C@H](OCCO)C[C@H]2[C@@H]3CC=C4C[C@@H](O)CC[C@]4(C)[C@H]3CC[C@@]21C. The maximum absolute atomic E-state index is 12.7. The van der Waals surface area contributed by atoms with Gasteiger partial charge >= 0.3 is 0 Å². The Morgan fingerprint density at radius 3 is 2.68 bits per heavy atom. The number of carbonyl (C=O) groups is 1. The Balaban J connectivity index is 1.69. The molecule has 4 rings (SSSR count). The Morgan fingerprint density at radius 1 is 1.25 bits per heavy atom. The van der Waals surface area contributed by atoms with Crippen LogP contribution in [0.15, 0.2) is 11.6 Å². The second kappa shape index (κ2) is 6.90. The molecule has 0 bridgehead atoms. The number of aliphatic hydroxyl groups is 3. The highest BCUT2D eigenvalue weighted by Crippen LogP contribution is 2.67. The third kappa shape index (κ3) is 2.62. The number of Topliss-reactive ketones (excluding diaryl/α,β-unsaturated/α-hetero) is 1. The van der Waals surface area contributed by atoms with Gasteiger partial charge in [-0.25, -0.2) is 0 Å². The topological polar surface area (TPSA) is 87.0 Å². The van der Waals surface area contributed by atoms with Crippen molar-refractivity contribution in [1.29, 1.82) is 0 Å². The number of fused-ring (bicyclic) bond motifs is 5. The van der Waals surface area contributed by atoms with Crippen molar-refractivity contribution in [3.05, 3.63) is 11.6 Å². The number of aliphatic hydroxyl groups excluding tert-OH is 2. The molecule has 28 heavy (non-hydrogen) atoms. The second-order valence-electron chi connectivity index (χ2n) is 10.3. The van der Waals surface area contributed by atoms with E-state index < -0.39 is 17.1 Å². The number of hydrogen-bond acceptors (Lipinski definition) is 5. The van der Waals surface area contributed by atoms with Crippen LogP contribution in [0, 0.1) is 28.6 Å². The molecule has 0 aromatic carbocycles. The van der Waals surface area contributed by atoms with Gasteiger partial charge in [0.15, 0.2) is 11.4 Å². The molecular weight excluding hydrogens is 356 g/mol. The minimum absolute atomic E-state index is 0.107. The number of ether oxygens (including phenoxy) is 1. The number of hydrogen-bond donors (Lipinski definition) is 3. The van der Waals surface area contributed by atoms with Crippen molar-refractivity contribution >= 4 is 5.78 Å². The van der Waals surface area contributed by atoms with E-state index in [1.165, 1.54) is 12.5 Å². The molecule has 0 aromatic heterocycles. The van der Waals surface area contributed by atoms with Crippen molar-refractivity contribution in [2.75, 3.05) is 13.2 Å². The van der Waals surface area contributed by atoms with E-state index in [-0.39, 0.29) is 36.4 Å². The summed E-state index contributed by atoms with van der Waals surface area (Å²) in [4.78, 5) is 12.7. The number of rotatable bonds is 4. The third-order valence-electron chi connectivity index (χ3n) is 9.22.